The molecule has 1 amide bonds. The molecule has 3 rings (SSSR count). The van der Waals surface area contributed by atoms with Gasteiger partial charge in [0.05, 0.1) is 12.2 Å². The van der Waals surface area contributed by atoms with Crippen LogP contribution in [-0.4, -0.2) is 41.3 Å². The summed E-state index contributed by atoms with van der Waals surface area (Å²) in [6.07, 6.45) is 4.40. The average Bonchev–Trinajstić information content (AvgIpc) is 3.14. The highest BCUT2D eigenvalue weighted by Crippen LogP contribution is 2.24. The Morgan fingerprint density at radius 3 is 2.65 bits per heavy atom. The molecule has 26 heavy (non-hydrogen) atoms. The van der Waals surface area contributed by atoms with E-state index in [1.54, 1.807) is 10.8 Å². The summed E-state index contributed by atoms with van der Waals surface area (Å²) in [7, 11) is -3.69. The summed E-state index contributed by atoms with van der Waals surface area (Å²) in [6, 6.07) is 9.33. The molecule has 2 heterocycles. The van der Waals surface area contributed by atoms with Crippen molar-refractivity contribution in [3.63, 3.8) is 0 Å². The molecule has 0 aliphatic carbocycles. The van der Waals surface area contributed by atoms with E-state index in [9.17, 15) is 13.2 Å². The molecule has 1 aliphatic heterocycles. The molecule has 0 unspecified atom stereocenters. The second kappa shape index (κ2) is 7.59. The Morgan fingerprint density at radius 2 is 2.00 bits per heavy atom. The number of benzene rings is 1. The van der Waals surface area contributed by atoms with E-state index in [-0.39, 0.29) is 29.4 Å². The maximum absolute atomic E-state index is 12.9. The van der Waals surface area contributed by atoms with Crippen LogP contribution in [0.4, 0.5) is 5.69 Å². The first-order valence-electron chi connectivity index (χ1n) is 8.77. The van der Waals surface area contributed by atoms with E-state index in [0.717, 1.165) is 0 Å². The molecule has 1 aliphatic rings. The molecule has 7 nitrogen and oxygen atoms in total. The van der Waals surface area contributed by atoms with Crippen LogP contribution in [0.2, 0.25) is 0 Å². The SMILES string of the molecule is CC(C)n1cnc(S(=O)(=O)N2CCC[C@@H](C(=O)Nc3ccccc3)C2)c1. The minimum absolute atomic E-state index is 0.0373. The quantitative estimate of drug-likeness (QED) is 0.869. The van der Waals surface area contributed by atoms with Crippen molar-refractivity contribution in [1.29, 1.82) is 0 Å². The van der Waals surface area contributed by atoms with Gasteiger partial charge in [0.15, 0.2) is 5.03 Å². The van der Waals surface area contributed by atoms with Crippen molar-refractivity contribution in [2.75, 3.05) is 18.4 Å². The fourth-order valence-electron chi connectivity index (χ4n) is 3.01. The van der Waals surface area contributed by atoms with Gasteiger partial charge < -0.3 is 9.88 Å². The summed E-state index contributed by atoms with van der Waals surface area (Å²) in [4.78, 5) is 16.6. The normalized spacial score (nSPS) is 18.8. The maximum Gasteiger partial charge on any atom is 0.262 e. The number of carbonyl (C=O) groups is 1. The van der Waals surface area contributed by atoms with E-state index in [1.165, 1.54) is 10.6 Å². The van der Waals surface area contributed by atoms with Crippen LogP contribution < -0.4 is 5.32 Å². The van der Waals surface area contributed by atoms with Gasteiger partial charge >= 0.3 is 0 Å². The van der Waals surface area contributed by atoms with E-state index in [4.69, 9.17) is 0 Å². The Morgan fingerprint density at radius 1 is 1.27 bits per heavy atom. The predicted molar refractivity (Wildman–Crippen MR) is 99.2 cm³/mol. The molecule has 1 atom stereocenters. The molecule has 1 saturated heterocycles. The van der Waals surface area contributed by atoms with Crippen LogP contribution >= 0.6 is 0 Å². The highest BCUT2D eigenvalue weighted by atomic mass is 32.2. The van der Waals surface area contributed by atoms with E-state index in [1.807, 2.05) is 44.2 Å². The van der Waals surface area contributed by atoms with Crippen LogP contribution in [0.5, 0.6) is 0 Å². The highest BCUT2D eigenvalue weighted by Gasteiger charge is 2.34. The third-order valence-electron chi connectivity index (χ3n) is 4.57. The van der Waals surface area contributed by atoms with Gasteiger partial charge in [-0.15, -0.1) is 0 Å². The Bertz CT molecular complexity index is 862. The lowest BCUT2D eigenvalue weighted by atomic mass is 9.99. The van der Waals surface area contributed by atoms with Crippen molar-refractivity contribution in [3.05, 3.63) is 42.9 Å². The van der Waals surface area contributed by atoms with Gasteiger partial charge in [0, 0.05) is 31.0 Å². The van der Waals surface area contributed by atoms with Crippen molar-refractivity contribution in [1.82, 2.24) is 13.9 Å². The fourth-order valence-corrected chi connectivity index (χ4v) is 4.45. The number of nitrogens with zero attached hydrogens (tertiary/aromatic N) is 3. The summed E-state index contributed by atoms with van der Waals surface area (Å²) in [6.45, 7) is 4.51. The number of amides is 1. The third kappa shape index (κ3) is 3.96. The van der Waals surface area contributed by atoms with Gasteiger partial charge in [-0.3, -0.25) is 4.79 Å². The number of rotatable bonds is 5. The molecule has 0 saturated carbocycles. The smallest absolute Gasteiger partial charge is 0.262 e. The molecule has 0 spiro atoms. The molecule has 140 valence electrons. The van der Waals surface area contributed by atoms with E-state index >= 15 is 0 Å². The van der Waals surface area contributed by atoms with Gasteiger partial charge in [0.25, 0.3) is 10.0 Å². The fraction of sp³-hybridized carbons (Fsp3) is 0.444. The minimum Gasteiger partial charge on any atom is -0.334 e. The van der Waals surface area contributed by atoms with Crippen LogP contribution in [0.1, 0.15) is 32.7 Å². The Balaban J connectivity index is 1.71. The van der Waals surface area contributed by atoms with Gasteiger partial charge in [0.2, 0.25) is 5.91 Å². The van der Waals surface area contributed by atoms with Crippen molar-refractivity contribution in [3.8, 4) is 0 Å². The Kier molecular flexibility index (Phi) is 5.43. The highest BCUT2D eigenvalue weighted by molar-refractivity contribution is 7.89. The molecular weight excluding hydrogens is 352 g/mol. The van der Waals surface area contributed by atoms with E-state index in [2.05, 4.69) is 10.3 Å². The van der Waals surface area contributed by atoms with Crippen molar-refractivity contribution >= 4 is 21.6 Å². The van der Waals surface area contributed by atoms with E-state index < -0.39 is 10.0 Å². The zero-order valence-electron chi connectivity index (χ0n) is 15.0. The predicted octanol–water partition coefficient (Wildman–Crippen LogP) is 2.50. The summed E-state index contributed by atoms with van der Waals surface area (Å²) in [5, 5.41) is 2.90. The molecule has 1 aromatic heterocycles. The van der Waals surface area contributed by atoms with Crippen LogP contribution in [0.25, 0.3) is 0 Å². The maximum atomic E-state index is 12.9. The number of anilines is 1. The second-order valence-corrected chi connectivity index (χ2v) is 8.70. The molecule has 8 heteroatoms. The largest absolute Gasteiger partial charge is 0.334 e. The number of hydrogen-bond donors (Lipinski definition) is 1. The van der Waals surface area contributed by atoms with Crippen LogP contribution in [0.15, 0.2) is 47.9 Å². The van der Waals surface area contributed by atoms with Gasteiger partial charge in [0.1, 0.15) is 0 Å². The number of nitrogens with one attached hydrogen (secondary N) is 1. The Labute approximate surface area is 154 Å². The number of piperidine rings is 1. The summed E-state index contributed by atoms with van der Waals surface area (Å²) in [5.74, 6) is -0.519. The first-order valence-corrected chi connectivity index (χ1v) is 10.2. The van der Waals surface area contributed by atoms with Gasteiger partial charge in [-0.1, -0.05) is 18.2 Å². The number of sulfonamides is 1. The van der Waals surface area contributed by atoms with Crippen molar-refractivity contribution < 1.29 is 13.2 Å². The van der Waals surface area contributed by atoms with E-state index in [0.29, 0.717) is 25.1 Å². The first kappa shape index (κ1) is 18.6. The van der Waals surface area contributed by atoms with Gasteiger partial charge in [-0.2, -0.15) is 4.31 Å². The molecule has 2 aromatic rings. The lowest BCUT2D eigenvalue weighted by Crippen LogP contribution is -2.43. The number of aromatic nitrogens is 2. The number of hydrogen-bond acceptors (Lipinski definition) is 4. The molecular formula is C18H24N4O3S. The summed E-state index contributed by atoms with van der Waals surface area (Å²) < 4.78 is 28.9. The zero-order chi connectivity index (χ0) is 18.7. The molecule has 1 N–H and O–H groups in total. The lowest BCUT2D eigenvalue weighted by Gasteiger charge is -2.30. The summed E-state index contributed by atoms with van der Waals surface area (Å²) >= 11 is 0. The molecule has 0 bridgehead atoms. The lowest BCUT2D eigenvalue weighted by molar-refractivity contribution is -0.120. The average molecular weight is 376 g/mol. The van der Waals surface area contributed by atoms with Gasteiger partial charge in [-0.25, -0.2) is 13.4 Å². The number of carbonyl (C=O) groups excluding carboxylic acids is 1. The second-order valence-electron chi connectivity index (χ2n) is 6.81. The molecule has 0 radical (unpaired) electrons. The standard InChI is InChI=1S/C18H24N4O3S/c1-14(2)21-12-17(19-13-21)26(24,25)22-10-6-7-15(11-22)18(23)20-16-8-4-3-5-9-16/h3-5,8-9,12-15H,6-7,10-11H2,1-2H3,(H,20,23)/t15-/m1/s1. The number of imidazole rings is 1. The third-order valence-corrected chi connectivity index (χ3v) is 6.33. The zero-order valence-corrected chi connectivity index (χ0v) is 15.8. The van der Waals surface area contributed by atoms with Crippen LogP contribution in [0, 0.1) is 5.92 Å². The Hall–Kier alpha value is -2.19. The van der Waals surface area contributed by atoms with Gasteiger partial charge in [-0.05, 0) is 38.8 Å². The first-order chi connectivity index (χ1) is 12.4. The van der Waals surface area contributed by atoms with Crippen molar-refractivity contribution in [2.45, 2.75) is 37.8 Å². The molecule has 1 aromatic carbocycles. The monoisotopic (exact) mass is 376 g/mol. The minimum atomic E-state index is -3.69. The number of para-hydroxylation sites is 1. The van der Waals surface area contributed by atoms with Crippen LogP contribution in [0.3, 0.4) is 0 Å². The van der Waals surface area contributed by atoms with Crippen molar-refractivity contribution in [2.24, 2.45) is 5.92 Å². The summed E-state index contributed by atoms with van der Waals surface area (Å²) in [5.41, 5.74) is 0.716. The topological polar surface area (TPSA) is 84.3 Å². The van der Waals surface area contributed by atoms with Crippen LogP contribution in [-0.2, 0) is 14.8 Å². The molecule has 1 fully saturated rings.